The van der Waals surface area contributed by atoms with Gasteiger partial charge in [-0.15, -0.1) is 10.2 Å². The molecule has 6 nitrogen and oxygen atoms in total. The van der Waals surface area contributed by atoms with Crippen LogP contribution in [0.2, 0.25) is 0 Å². The van der Waals surface area contributed by atoms with E-state index in [1.807, 2.05) is 16.6 Å². The Kier molecular flexibility index (Phi) is 4.25. The number of rotatable bonds is 6. The summed E-state index contributed by atoms with van der Waals surface area (Å²) >= 11 is 1.51. The highest BCUT2D eigenvalue weighted by Crippen LogP contribution is 2.39. The van der Waals surface area contributed by atoms with Crippen molar-refractivity contribution in [2.24, 2.45) is 0 Å². The molecule has 1 aliphatic carbocycles. The maximum atomic E-state index is 12.2. The zero-order valence-corrected chi connectivity index (χ0v) is 15.2. The van der Waals surface area contributed by atoms with Crippen LogP contribution in [-0.4, -0.2) is 25.7 Å². The maximum absolute atomic E-state index is 12.2. The molecule has 0 atom stereocenters. The fourth-order valence-corrected chi connectivity index (χ4v) is 3.60. The molecule has 0 radical (unpaired) electrons. The van der Waals surface area contributed by atoms with Gasteiger partial charge in [-0.05, 0) is 36.5 Å². The Labute approximate surface area is 150 Å². The average molecular weight is 355 g/mol. The highest BCUT2D eigenvalue weighted by atomic mass is 32.1. The van der Waals surface area contributed by atoms with Crippen molar-refractivity contribution in [1.82, 2.24) is 19.8 Å². The summed E-state index contributed by atoms with van der Waals surface area (Å²) in [6.45, 7) is 4.31. The van der Waals surface area contributed by atoms with E-state index in [1.165, 1.54) is 29.7 Å². The summed E-state index contributed by atoms with van der Waals surface area (Å²) in [5.41, 5.74) is 2.10. The fraction of sp³-hybridized carbons (Fsp3) is 0.444. The summed E-state index contributed by atoms with van der Waals surface area (Å²) in [5.74, 6) is 1.98. The summed E-state index contributed by atoms with van der Waals surface area (Å²) in [5, 5.41) is 16.8. The Hall–Kier alpha value is -2.28. The quantitative estimate of drug-likeness (QED) is 0.731. The summed E-state index contributed by atoms with van der Waals surface area (Å²) in [7, 11) is 0. The molecule has 4 rings (SSSR count). The molecule has 25 heavy (non-hydrogen) atoms. The van der Waals surface area contributed by atoms with Gasteiger partial charge in [0.25, 0.3) is 0 Å². The topological polar surface area (TPSA) is 72.2 Å². The zero-order valence-electron chi connectivity index (χ0n) is 14.4. The van der Waals surface area contributed by atoms with Crippen molar-refractivity contribution in [2.75, 3.05) is 5.32 Å². The van der Waals surface area contributed by atoms with Crippen LogP contribution in [0.25, 0.3) is 4.96 Å². The molecule has 0 unspecified atom stereocenters. The predicted molar refractivity (Wildman–Crippen MR) is 98.1 cm³/mol. The van der Waals surface area contributed by atoms with E-state index in [0.717, 1.165) is 21.5 Å². The van der Waals surface area contributed by atoms with Gasteiger partial charge in [0.05, 0.1) is 0 Å². The number of amides is 1. The van der Waals surface area contributed by atoms with Gasteiger partial charge in [0.2, 0.25) is 10.9 Å². The fourth-order valence-electron chi connectivity index (χ4n) is 2.76. The van der Waals surface area contributed by atoms with Crippen LogP contribution < -0.4 is 5.32 Å². The first-order chi connectivity index (χ1) is 12.1. The Balaban J connectivity index is 1.35. The van der Waals surface area contributed by atoms with E-state index in [2.05, 4.69) is 46.6 Å². The monoisotopic (exact) mass is 355 g/mol. The lowest BCUT2D eigenvalue weighted by Gasteiger charge is -2.08. The number of aromatic nitrogens is 4. The van der Waals surface area contributed by atoms with E-state index in [-0.39, 0.29) is 5.91 Å². The highest BCUT2D eigenvalue weighted by Gasteiger charge is 2.30. The lowest BCUT2D eigenvalue weighted by molar-refractivity contribution is -0.116. The number of hydrogen-bond donors (Lipinski definition) is 1. The lowest BCUT2D eigenvalue weighted by atomic mass is 10.0. The first-order valence-corrected chi connectivity index (χ1v) is 9.52. The SMILES string of the molecule is CC(C)c1ccc(NC(=O)CCc2nn3c(C4CC4)nnc3s2)cc1. The van der Waals surface area contributed by atoms with E-state index in [4.69, 9.17) is 0 Å². The summed E-state index contributed by atoms with van der Waals surface area (Å²) in [6.07, 6.45) is 3.38. The molecule has 1 saturated carbocycles. The number of aryl methyl sites for hydroxylation is 1. The standard InChI is InChI=1S/C18H21N5OS/c1-11(2)12-5-7-14(8-6-12)19-15(24)9-10-16-22-23-17(13-3-4-13)20-21-18(23)25-16/h5-8,11,13H,3-4,9-10H2,1-2H3,(H,19,24). The zero-order chi connectivity index (χ0) is 17.4. The minimum atomic E-state index is 0.00526. The predicted octanol–water partition coefficient (Wildman–Crippen LogP) is 3.76. The molecular formula is C18H21N5OS. The van der Waals surface area contributed by atoms with Crippen molar-refractivity contribution < 1.29 is 4.79 Å². The summed E-state index contributed by atoms with van der Waals surface area (Å²) in [6, 6.07) is 8.03. The van der Waals surface area contributed by atoms with Gasteiger partial charge in [-0.2, -0.15) is 9.61 Å². The molecule has 3 aromatic rings. The van der Waals surface area contributed by atoms with E-state index in [1.54, 1.807) is 0 Å². The number of nitrogens with zero attached hydrogens (tertiary/aromatic N) is 4. The molecule has 0 bridgehead atoms. The van der Waals surface area contributed by atoms with E-state index < -0.39 is 0 Å². The molecule has 1 fully saturated rings. The van der Waals surface area contributed by atoms with Crippen molar-refractivity contribution >= 4 is 27.9 Å². The van der Waals surface area contributed by atoms with E-state index >= 15 is 0 Å². The molecular weight excluding hydrogens is 334 g/mol. The lowest BCUT2D eigenvalue weighted by Crippen LogP contribution is -2.12. The van der Waals surface area contributed by atoms with Crippen LogP contribution in [0.3, 0.4) is 0 Å². The van der Waals surface area contributed by atoms with Gasteiger partial charge in [0.1, 0.15) is 5.01 Å². The largest absolute Gasteiger partial charge is 0.326 e. The number of anilines is 1. The van der Waals surface area contributed by atoms with Crippen molar-refractivity contribution in [3.63, 3.8) is 0 Å². The van der Waals surface area contributed by atoms with Crippen LogP contribution in [0.15, 0.2) is 24.3 Å². The van der Waals surface area contributed by atoms with Crippen molar-refractivity contribution in [3.05, 3.63) is 40.7 Å². The van der Waals surface area contributed by atoms with Gasteiger partial charge in [0.15, 0.2) is 5.82 Å². The summed E-state index contributed by atoms with van der Waals surface area (Å²) in [4.78, 5) is 13.0. The first-order valence-electron chi connectivity index (χ1n) is 8.71. The second-order valence-electron chi connectivity index (χ2n) is 6.85. The summed E-state index contributed by atoms with van der Waals surface area (Å²) < 4.78 is 1.85. The molecule has 0 spiro atoms. The molecule has 1 aromatic carbocycles. The molecule has 2 heterocycles. The maximum Gasteiger partial charge on any atom is 0.234 e. The smallest absolute Gasteiger partial charge is 0.234 e. The van der Waals surface area contributed by atoms with Crippen LogP contribution in [0.4, 0.5) is 5.69 Å². The molecule has 1 amide bonds. The Morgan fingerprint density at radius 3 is 2.72 bits per heavy atom. The Morgan fingerprint density at radius 1 is 1.28 bits per heavy atom. The third kappa shape index (κ3) is 3.56. The third-order valence-corrected chi connectivity index (χ3v) is 5.38. The highest BCUT2D eigenvalue weighted by molar-refractivity contribution is 7.16. The van der Waals surface area contributed by atoms with Crippen molar-refractivity contribution in [3.8, 4) is 0 Å². The van der Waals surface area contributed by atoms with Crippen LogP contribution >= 0.6 is 11.3 Å². The molecule has 1 N–H and O–H groups in total. The number of hydrogen-bond acceptors (Lipinski definition) is 5. The number of fused-ring (bicyclic) bond motifs is 1. The van der Waals surface area contributed by atoms with Gasteiger partial charge < -0.3 is 5.32 Å². The van der Waals surface area contributed by atoms with Crippen LogP contribution in [-0.2, 0) is 11.2 Å². The van der Waals surface area contributed by atoms with Crippen molar-refractivity contribution in [1.29, 1.82) is 0 Å². The third-order valence-electron chi connectivity index (χ3n) is 4.43. The molecule has 7 heteroatoms. The second kappa shape index (κ2) is 6.55. The van der Waals surface area contributed by atoms with Crippen LogP contribution in [0.5, 0.6) is 0 Å². The average Bonchev–Trinajstić information content (AvgIpc) is 3.23. The van der Waals surface area contributed by atoms with E-state index in [0.29, 0.717) is 24.7 Å². The van der Waals surface area contributed by atoms with E-state index in [9.17, 15) is 4.79 Å². The molecule has 0 saturated heterocycles. The normalized spacial score (nSPS) is 14.4. The van der Waals surface area contributed by atoms with Crippen LogP contribution in [0, 0.1) is 0 Å². The van der Waals surface area contributed by atoms with Crippen LogP contribution in [0.1, 0.15) is 61.3 Å². The number of carbonyl (C=O) groups is 1. The minimum absolute atomic E-state index is 0.00526. The van der Waals surface area contributed by atoms with Gasteiger partial charge in [-0.25, -0.2) is 0 Å². The Morgan fingerprint density at radius 2 is 2.04 bits per heavy atom. The Bertz CT molecular complexity index is 892. The second-order valence-corrected chi connectivity index (χ2v) is 7.89. The van der Waals surface area contributed by atoms with Crippen molar-refractivity contribution in [2.45, 2.75) is 51.4 Å². The molecule has 1 aliphatic rings. The first kappa shape index (κ1) is 16.2. The van der Waals surface area contributed by atoms with Gasteiger partial charge in [0, 0.05) is 24.4 Å². The van der Waals surface area contributed by atoms with Gasteiger partial charge >= 0.3 is 0 Å². The molecule has 0 aliphatic heterocycles. The minimum Gasteiger partial charge on any atom is -0.326 e. The van der Waals surface area contributed by atoms with Gasteiger partial charge in [-0.1, -0.05) is 37.3 Å². The molecule has 2 aromatic heterocycles. The number of nitrogens with one attached hydrogen (secondary N) is 1. The number of benzene rings is 1. The molecule has 130 valence electrons. The number of carbonyl (C=O) groups excluding carboxylic acids is 1. The van der Waals surface area contributed by atoms with Gasteiger partial charge in [-0.3, -0.25) is 4.79 Å².